The number of amides is 1. The normalized spacial score (nSPS) is 11.8. The van der Waals surface area contributed by atoms with E-state index in [0.717, 1.165) is 5.56 Å². The maximum absolute atomic E-state index is 13.1. The Labute approximate surface area is 138 Å². The number of halogens is 2. The molecule has 23 heavy (non-hydrogen) atoms. The number of carbonyl (C=O) groups excluding carboxylic acids is 1. The van der Waals surface area contributed by atoms with Crippen LogP contribution < -0.4 is 10.1 Å². The van der Waals surface area contributed by atoms with Gasteiger partial charge in [-0.1, -0.05) is 23.7 Å². The Bertz CT molecular complexity index is 693. The molecule has 0 radical (unpaired) electrons. The molecule has 0 bridgehead atoms. The van der Waals surface area contributed by atoms with Crippen LogP contribution in [0.2, 0.25) is 5.02 Å². The maximum atomic E-state index is 13.1. The Morgan fingerprint density at radius 2 is 2.13 bits per heavy atom. The third-order valence-electron chi connectivity index (χ3n) is 3.23. The highest BCUT2D eigenvalue weighted by Crippen LogP contribution is 2.20. The number of aliphatic hydroxyl groups excluding tert-OH is 1. The van der Waals surface area contributed by atoms with Crippen molar-refractivity contribution < 1.29 is 19.0 Å². The summed E-state index contributed by atoms with van der Waals surface area (Å²) in [5.41, 5.74) is 1.26. The number of carbonyl (C=O) groups is 1. The second-order valence-electron chi connectivity index (χ2n) is 5.07. The van der Waals surface area contributed by atoms with E-state index in [-0.39, 0.29) is 19.1 Å². The van der Waals surface area contributed by atoms with Gasteiger partial charge in [-0.15, -0.1) is 0 Å². The van der Waals surface area contributed by atoms with Crippen molar-refractivity contribution in [2.75, 3.05) is 13.2 Å². The lowest BCUT2D eigenvalue weighted by atomic mass is 10.1. The molecule has 1 atom stereocenters. The fourth-order valence-corrected chi connectivity index (χ4v) is 2.07. The summed E-state index contributed by atoms with van der Waals surface area (Å²) in [7, 11) is 0. The molecule has 1 unspecified atom stereocenters. The lowest BCUT2D eigenvalue weighted by molar-refractivity contribution is -0.123. The summed E-state index contributed by atoms with van der Waals surface area (Å²) >= 11 is 5.91. The number of aliphatic hydroxyl groups is 1. The molecule has 0 aliphatic carbocycles. The van der Waals surface area contributed by atoms with Gasteiger partial charge in [-0.3, -0.25) is 4.79 Å². The predicted molar refractivity (Wildman–Crippen MR) is 86.1 cm³/mol. The van der Waals surface area contributed by atoms with Gasteiger partial charge >= 0.3 is 0 Å². The maximum Gasteiger partial charge on any atom is 0.258 e. The van der Waals surface area contributed by atoms with Gasteiger partial charge < -0.3 is 15.2 Å². The van der Waals surface area contributed by atoms with Crippen LogP contribution in [0.15, 0.2) is 42.5 Å². The SMILES string of the molecule is Cc1cc(OCC(=O)NCC(O)c2cccc(F)c2)ccc1Cl. The minimum Gasteiger partial charge on any atom is -0.484 e. The Hall–Kier alpha value is -2.11. The number of hydrogen-bond donors (Lipinski definition) is 2. The van der Waals surface area contributed by atoms with E-state index in [1.165, 1.54) is 18.2 Å². The molecule has 2 aromatic rings. The molecule has 122 valence electrons. The van der Waals surface area contributed by atoms with Gasteiger partial charge in [0, 0.05) is 11.6 Å². The Balaban J connectivity index is 1.79. The van der Waals surface area contributed by atoms with Gasteiger partial charge in [0.1, 0.15) is 11.6 Å². The average molecular weight is 338 g/mol. The van der Waals surface area contributed by atoms with Crippen molar-refractivity contribution in [3.63, 3.8) is 0 Å². The van der Waals surface area contributed by atoms with E-state index in [2.05, 4.69) is 5.32 Å². The topological polar surface area (TPSA) is 58.6 Å². The van der Waals surface area contributed by atoms with E-state index < -0.39 is 11.9 Å². The van der Waals surface area contributed by atoms with Crippen LogP contribution >= 0.6 is 11.6 Å². The highest BCUT2D eigenvalue weighted by Gasteiger charge is 2.11. The van der Waals surface area contributed by atoms with Crippen molar-refractivity contribution in [2.24, 2.45) is 0 Å². The van der Waals surface area contributed by atoms with Crippen molar-refractivity contribution in [1.82, 2.24) is 5.32 Å². The first kappa shape index (κ1) is 17.2. The van der Waals surface area contributed by atoms with Crippen molar-refractivity contribution in [1.29, 1.82) is 0 Å². The molecule has 0 heterocycles. The molecular formula is C17H17ClFNO3. The summed E-state index contributed by atoms with van der Waals surface area (Å²) in [4.78, 5) is 11.7. The van der Waals surface area contributed by atoms with Gasteiger partial charge in [0.25, 0.3) is 5.91 Å². The third kappa shape index (κ3) is 5.23. The number of benzene rings is 2. The molecule has 6 heteroatoms. The van der Waals surface area contributed by atoms with Gasteiger partial charge in [0.2, 0.25) is 0 Å². The lowest BCUT2D eigenvalue weighted by Crippen LogP contribution is -2.32. The minimum atomic E-state index is -0.979. The van der Waals surface area contributed by atoms with Crippen molar-refractivity contribution >= 4 is 17.5 Å². The second-order valence-corrected chi connectivity index (χ2v) is 5.48. The number of ether oxygens (including phenoxy) is 1. The van der Waals surface area contributed by atoms with Crippen molar-refractivity contribution in [3.8, 4) is 5.75 Å². The highest BCUT2D eigenvalue weighted by atomic mass is 35.5. The minimum absolute atomic E-state index is 0.0225. The highest BCUT2D eigenvalue weighted by molar-refractivity contribution is 6.31. The average Bonchev–Trinajstić information content (AvgIpc) is 2.53. The molecule has 0 aliphatic rings. The van der Waals surface area contributed by atoms with Gasteiger partial charge in [-0.2, -0.15) is 0 Å². The summed E-state index contributed by atoms with van der Waals surface area (Å²) in [5, 5.41) is 13.1. The van der Waals surface area contributed by atoms with E-state index in [0.29, 0.717) is 16.3 Å². The molecule has 0 spiro atoms. The molecule has 2 N–H and O–H groups in total. The fourth-order valence-electron chi connectivity index (χ4n) is 1.95. The van der Waals surface area contributed by atoms with E-state index >= 15 is 0 Å². The first-order valence-electron chi connectivity index (χ1n) is 7.05. The molecule has 4 nitrogen and oxygen atoms in total. The summed E-state index contributed by atoms with van der Waals surface area (Å²) in [6.45, 7) is 1.63. The summed E-state index contributed by atoms with van der Waals surface area (Å²) in [6, 6.07) is 10.7. The number of rotatable bonds is 6. The smallest absolute Gasteiger partial charge is 0.258 e. The van der Waals surface area contributed by atoms with Gasteiger partial charge in [-0.25, -0.2) is 4.39 Å². The summed E-state index contributed by atoms with van der Waals surface area (Å²) in [6.07, 6.45) is -0.979. The molecule has 0 saturated carbocycles. The third-order valence-corrected chi connectivity index (χ3v) is 3.65. The van der Waals surface area contributed by atoms with Crippen molar-refractivity contribution in [3.05, 3.63) is 64.4 Å². The quantitative estimate of drug-likeness (QED) is 0.852. The molecule has 0 saturated heterocycles. The van der Waals surface area contributed by atoms with E-state index in [4.69, 9.17) is 16.3 Å². The molecular weight excluding hydrogens is 321 g/mol. The summed E-state index contributed by atoms with van der Waals surface area (Å²) < 4.78 is 18.4. The van der Waals surface area contributed by atoms with E-state index in [1.807, 2.05) is 6.92 Å². The standard InChI is InChI=1S/C17H17ClFNO3/c1-11-7-14(5-6-15(11)18)23-10-17(22)20-9-16(21)12-3-2-4-13(19)8-12/h2-8,16,21H,9-10H2,1H3,(H,20,22). The largest absolute Gasteiger partial charge is 0.484 e. The number of nitrogens with one attached hydrogen (secondary N) is 1. The second kappa shape index (κ2) is 7.94. The number of hydrogen-bond acceptors (Lipinski definition) is 3. The van der Waals surface area contributed by atoms with Crippen LogP contribution in [0.4, 0.5) is 4.39 Å². The number of aryl methyl sites for hydroxylation is 1. The molecule has 0 fully saturated rings. The van der Waals surface area contributed by atoms with Crippen LogP contribution in [-0.4, -0.2) is 24.2 Å². The molecule has 0 aliphatic heterocycles. The van der Waals surface area contributed by atoms with Crippen LogP contribution in [0.1, 0.15) is 17.2 Å². The van der Waals surface area contributed by atoms with E-state index in [9.17, 15) is 14.3 Å². The van der Waals surface area contributed by atoms with Crippen LogP contribution in [0.25, 0.3) is 0 Å². The zero-order valence-electron chi connectivity index (χ0n) is 12.6. The van der Waals surface area contributed by atoms with Crippen molar-refractivity contribution in [2.45, 2.75) is 13.0 Å². The fraction of sp³-hybridized carbons (Fsp3) is 0.235. The molecule has 0 aromatic heterocycles. The first-order valence-corrected chi connectivity index (χ1v) is 7.42. The van der Waals surface area contributed by atoms with E-state index in [1.54, 1.807) is 24.3 Å². The summed E-state index contributed by atoms with van der Waals surface area (Å²) in [5.74, 6) is -0.282. The molecule has 2 rings (SSSR count). The zero-order chi connectivity index (χ0) is 16.8. The predicted octanol–water partition coefficient (Wildman–Crippen LogP) is 3.02. The van der Waals surface area contributed by atoms with Gasteiger partial charge in [0.15, 0.2) is 6.61 Å². The van der Waals surface area contributed by atoms with Crippen LogP contribution in [0, 0.1) is 12.7 Å². The Morgan fingerprint density at radius 3 is 2.83 bits per heavy atom. The van der Waals surface area contributed by atoms with Crippen LogP contribution in [0.3, 0.4) is 0 Å². The van der Waals surface area contributed by atoms with Gasteiger partial charge in [0.05, 0.1) is 6.10 Å². The Kier molecular flexibility index (Phi) is 5.96. The Morgan fingerprint density at radius 1 is 1.35 bits per heavy atom. The first-order chi connectivity index (χ1) is 11.0. The van der Waals surface area contributed by atoms with Gasteiger partial charge in [-0.05, 0) is 48.4 Å². The zero-order valence-corrected chi connectivity index (χ0v) is 13.3. The van der Waals surface area contributed by atoms with Crippen LogP contribution in [-0.2, 0) is 4.79 Å². The monoisotopic (exact) mass is 337 g/mol. The molecule has 2 aromatic carbocycles. The molecule has 1 amide bonds. The van der Waals surface area contributed by atoms with Crippen LogP contribution in [0.5, 0.6) is 5.75 Å². The lowest BCUT2D eigenvalue weighted by Gasteiger charge is -2.13.